The maximum Gasteiger partial charge on any atom is 0.0650 e. The third kappa shape index (κ3) is 2.72. The highest BCUT2D eigenvalue weighted by Gasteiger charge is 2.11. The molecule has 0 radical (unpaired) electrons. The van der Waals surface area contributed by atoms with Gasteiger partial charge in [0.25, 0.3) is 0 Å². The van der Waals surface area contributed by atoms with E-state index < -0.39 is 0 Å². The highest BCUT2D eigenvalue weighted by molar-refractivity contribution is 5.58. The molecule has 0 aliphatic rings. The molecular weight excluding hydrogens is 196 g/mol. The van der Waals surface area contributed by atoms with Gasteiger partial charge in [-0.05, 0) is 29.0 Å². The van der Waals surface area contributed by atoms with Crippen LogP contribution in [-0.4, -0.2) is 10.2 Å². The second-order valence-electron chi connectivity index (χ2n) is 5.40. The number of nitrogens with zero attached hydrogens (tertiary/aromatic N) is 1. The van der Waals surface area contributed by atoms with Crippen LogP contribution in [0.15, 0.2) is 36.5 Å². The van der Waals surface area contributed by atoms with Crippen LogP contribution in [0.3, 0.4) is 0 Å². The quantitative estimate of drug-likeness (QED) is 0.812. The summed E-state index contributed by atoms with van der Waals surface area (Å²) >= 11 is 0. The summed E-state index contributed by atoms with van der Waals surface area (Å²) in [6.07, 6.45) is 2.88. The normalized spacial score (nSPS) is 11.7. The Morgan fingerprint density at radius 3 is 2.25 bits per heavy atom. The Balaban J connectivity index is 2.17. The lowest BCUT2D eigenvalue weighted by Gasteiger charge is -2.18. The molecule has 0 saturated heterocycles. The van der Waals surface area contributed by atoms with Crippen molar-refractivity contribution in [3.63, 3.8) is 0 Å². The Bertz CT molecular complexity index is 433. The maximum atomic E-state index is 3.96. The van der Waals surface area contributed by atoms with E-state index in [1.165, 1.54) is 11.1 Å². The SMILES string of the molecule is CC(C)(C)Cc1ccc(-c2ccn[nH]2)cc1. The first-order valence-corrected chi connectivity index (χ1v) is 5.63. The van der Waals surface area contributed by atoms with Crippen molar-refractivity contribution in [2.45, 2.75) is 27.2 Å². The minimum atomic E-state index is 0.343. The van der Waals surface area contributed by atoms with Gasteiger partial charge in [0.05, 0.1) is 5.69 Å². The van der Waals surface area contributed by atoms with Gasteiger partial charge in [0.1, 0.15) is 0 Å². The van der Waals surface area contributed by atoms with Gasteiger partial charge in [-0.3, -0.25) is 5.10 Å². The third-order valence-corrected chi connectivity index (χ3v) is 2.50. The summed E-state index contributed by atoms with van der Waals surface area (Å²) in [4.78, 5) is 0. The zero-order valence-corrected chi connectivity index (χ0v) is 10.1. The Kier molecular flexibility index (Phi) is 2.82. The highest BCUT2D eigenvalue weighted by Crippen LogP contribution is 2.23. The Hall–Kier alpha value is -1.57. The second-order valence-corrected chi connectivity index (χ2v) is 5.40. The molecule has 0 spiro atoms. The van der Waals surface area contributed by atoms with Gasteiger partial charge in [-0.1, -0.05) is 45.0 Å². The minimum absolute atomic E-state index is 0.343. The molecule has 0 unspecified atom stereocenters. The molecule has 0 saturated carbocycles. The molecule has 0 fully saturated rings. The van der Waals surface area contributed by atoms with Crippen LogP contribution in [0.5, 0.6) is 0 Å². The maximum absolute atomic E-state index is 3.96. The van der Waals surface area contributed by atoms with E-state index >= 15 is 0 Å². The van der Waals surface area contributed by atoms with Crippen LogP contribution in [0.2, 0.25) is 0 Å². The molecule has 2 nitrogen and oxygen atoms in total. The summed E-state index contributed by atoms with van der Waals surface area (Å²) in [5, 5.41) is 6.93. The summed E-state index contributed by atoms with van der Waals surface area (Å²) in [5.74, 6) is 0. The fourth-order valence-corrected chi connectivity index (χ4v) is 1.83. The molecule has 1 N–H and O–H groups in total. The number of aromatic nitrogens is 2. The first kappa shape index (κ1) is 10.9. The van der Waals surface area contributed by atoms with Crippen LogP contribution in [0.1, 0.15) is 26.3 Å². The molecule has 2 rings (SSSR count). The molecule has 2 heteroatoms. The molecule has 84 valence electrons. The van der Waals surface area contributed by atoms with Gasteiger partial charge in [0.2, 0.25) is 0 Å². The van der Waals surface area contributed by atoms with E-state index in [0.29, 0.717) is 5.41 Å². The number of aromatic amines is 1. The topological polar surface area (TPSA) is 28.7 Å². The van der Waals surface area contributed by atoms with E-state index in [1.807, 2.05) is 6.07 Å². The van der Waals surface area contributed by atoms with Gasteiger partial charge in [0, 0.05) is 6.20 Å². The van der Waals surface area contributed by atoms with Gasteiger partial charge in [0.15, 0.2) is 0 Å². The molecule has 0 amide bonds. The third-order valence-electron chi connectivity index (χ3n) is 2.50. The van der Waals surface area contributed by atoms with Crippen molar-refractivity contribution in [2.75, 3.05) is 0 Å². The van der Waals surface area contributed by atoms with Gasteiger partial charge >= 0.3 is 0 Å². The molecule has 1 heterocycles. The molecule has 1 aromatic heterocycles. The Morgan fingerprint density at radius 2 is 1.75 bits per heavy atom. The fourth-order valence-electron chi connectivity index (χ4n) is 1.83. The van der Waals surface area contributed by atoms with E-state index in [9.17, 15) is 0 Å². The Labute approximate surface area is 96.7 Å². The van der Waals surface area contributed by atoms with Crippen molar-refractivity contribution in [1.29, 1.82) is 0 Å². The monoisotopic (exact) mass is 214 g/mol. The van der Waals surface area contributed by atoms with Crippen molar-refractivity contribution >= 4 is 0 Å². The molecule has 1 aromatic carbocycles. The lowest BCUT2D eigenvalue weighted by molar-refractivity contribution is 0.411. The van der Waals surface area contributed by atoms with E-state index in [1.54, 1.807) is 6.20 Å². The average molecular weight is 214 g/mol. The van der Waals surface area contributed by atoms with Crippen LogP contribution >= 0.6 is 0 Å². The molecule has 0 aliphatic heterocycles. The number of benzene rings is 1. The number of nitrogens with one attached hydrogen (secondary N) is 1. The predicted molar refractivity (Wildman–Crippen MR) is 67.2 cm³/mol. The number of H-pyrrole nitrogens is 1. The van der Waals surface area contributed by atoms with Crippen LogP contribution in [0, 0.1) is 5.41 Å². The minimum Gasteiger partial charge on any atom is -0.278 e. The van der Waals surface area contributed by atoms with E-state index in [0.717, 1.165) is 12.1 Å². The zero-order chi connectivity index (χ0) is 11.6. The Morgan fingerprint density at radius 1 is 1.06 bits per heavy atom. The summed E-state index contributed by atoms with van der Waals surface area (Å²) in [7, 11) is 0. The van der Waals surface area contributed by atoms with Crippen LogP contribution in [0.25, 0.3) is 11.3 Å². The van der Waals surface area contributed by atoms with Crippen LogP contribution in [0.4, 0.5) is 0 Å². The summed E-state index contributed by atoms with van der Waals surface area (Å²) in [6, 6.07) is 10.7. The second kappa shape index (κ2) is 4.12. The molecular formula is C14H18N2. The van der Waals surface area contributed by atoms with Gasteiger partial charge in [-0.15, -0.1) is 0 Å². The van der Waals surface area contributed by atoms with Gasteiger partial charge in [-0.2, -0.15) is 5.10 Å². The van der Waals surface area contributed by atoms with Crippen molar-refractivity contribution in [1.82, 2.24) is 10.2 Å². The number of hydrogen-bond donors (Lipinski definition) is 1. The van der Waals surface area contributed by atoms with Crippen LogP contribution < -0.4 is 0 Å². The van der Waals surface area contributed by atoms with Crippen molar-refractivity contribution < 1.29 is 0 Å². The first-order valence-electron chi connectivity index (χ1n) is 5.63. The van der Waals surface area contributed by atoms with Crippen molar-refractivity contribution in [3.8, 4) is 11.3 Å². The first-order chi connectivity index (χ1) is 7.54. The molecule has 0 bridgehead atoms. The number of rotatable bonds is 2. The number of hydrogen-bond acceptors (Lipinski definition) is 1. The molecule has 16 heavy (non-hydrogen) atoms. The standard InChI is InChI=1S/C14H18N2/c1-14(2,3)10-11-4-6-12(7-5-11)13-8-9-15-16-13/h4-9H,10H2,1-3H3,(H,15,16). The van der Waals surface area contributed by atoms with E-state index in [4.69, 9.17) is 0 Å². The van der Waals surface area contributed by atoms with Crippen molar-refractivity contribution in [3.05, 3.63) is 42.1 Å². The summed E-state index contributed by atoms with van der Waals surface area (Å²) in [6.45, 7) is 6.78. The van der Waals surface area contributed by atoms with Gasteiger partial charge < -0.3 is 0 Å². The predicted octanol–water partition coefficient (Wildman–Crippen LogP) is 3.67. The zero-order valence-electron chi connectivity index (χ0n) is 10.1. The van der Waals surface area contributed by atoms with Crippen molar-refractivity contribution in [2.24, 2.45) is 5.41 Å². The molecule has 0 aliphatic carbocycles. The summed E-state index contributed by atoms with van der Waals surface area (Å²) in [5.41, 5.74) is 3.99. The summed E-state index contributed by atoms with van der Waals surface area (Å²) < 4.78 is 0. The smallest absolute Gasteiger partial charge is 0.0650 e. The van der Waals surface area contributed by atoms with Gasteiger partial charge in [-0.25, -0.2) is 0 Å². The van der Waals surface area contributed by atoms with E-state index in [-0.39, 0.29) is 0 Å². The fraction of sp³-hybridized carbons (Fsp3) is 0.357. The van der Waals surface area contributed by atoms with Crippen LogP contribution in [-0.2, 0) is 6.42 Å². The average Bonchev–Trinajstić information content (AvgIpc) is 2.69. The van der Waals surface area contributed by atoms with E-state index in [2.05, 4.69) is 55.2 Å². The lowest BCUT2D eigenvalue weighted by atomic mass is 9.88. The highest BCUT2D eigenvalue weighted by atomic mass is 15.1. The largest absolute Gasteiger partial charge is 0.278 e. The molecule has 2 aromatic rings. The lowest BCUT2D eigenvalue weighted by Crippen LogP contribution is -2.08. The molecule has 0 atom stereocenters.